The van der Waals surface area contributed by atoms with Gasteiger partial charge in [-0.15, -0.1) is 0 Å². The number of benzene rings is 9. The minimum absolute atomic E-state index is 0.0145. The molecule has 0 bridgehead atoms. The smallest absolute Gasteiger partial charge is 0.257 e. The van der Waals surface area contributed by atoms with Crippen LogP contribution in [0.2, 0.25) is 0 Å². The molecule has 0 amide bonds. The zero-order valence-electron chi connectivity index (χ0n) is 31.7. The Morgan fingerprint density at radius 3 is 0.655 bits per heavy atom. The van der Waals surface area contributed by atoms with Crippen molar-refractivity contribution in [2.75, 3.05) is 14.7 Å². The van der Waals surface area contributed by atoms with Crippen LogP contribution in [0.15, 0.2) is 218 Å². The van der Waals surface area contributed by atoms with Gasteiger partial charge in [0.25, 0.3) is 6.71 Å². The molecule has 0 fully saturated rings. The van der Waals surface area contributed by atoms with Gasteiger partial charge in [0.15, 0.2) is 0 Å². The Morgan fingerprint density at radius 1 is 0.224 bits per heavy atom. The van der Waals surface area contributed by atoms with Crippen molar-refractivity contribution in [3.05, 3.63) is 218 Å². The van der Waals surface area contributed by atoms with Gasteiger partial charge in [-0.05, 0) is 123 Å². The van der Waals surface area contributed by atoms with Gasteiger partial charge in [-0.1, -0.05) is 146 Å². The molecular weight excluding hydrogens is 701 g/mol. The third kappa shape index (κ3) is 4.95. The minimum Gasteiger partial charge on any atom is -0.311 e. The molecule has 3 aliphatic heterocycles. The molecule has 0 radical (unpaired) electrons. The Kier molecular flexibility index (Phi) is 7.33. The fourth-order valence-corrected chi connectivity index (χ4v) is 9.65. The number of hydrogen-bond acceptors (Lipinski definition) is 3. The first-order chi connectivity index (χ1) is 28.8. The summed E-state index contributed by atoms with van der Waals surface area (Å²) in [6.07, 6.45) is 0. The summed E-state index contributed by atoms with van der Waals surface area (Å²) < 4.78 is 0. The molecule has 3 nitrogen and oxygen atoms in total. The van der Waals surface area contributed by atoms with Crippen LogP contribution >= 0.6 is 0 Å². The van der Waals surface area contributed by atoms with Crippen LogP contribution in [0, 0.1) is 0 Å². The Hall–Kier alpha value is -7.56. The van der Waals surface area contributed by atoms with Crippen LogP contribution in [0.1, 0.15) is 0 Å². The highest BCUT2D eigenvalue weighted by Gasteiger charge is 2.50. The highest BCUT2D eigenvalue weighted by molar-refractivity contribution is 7.02. The zero-order valence-corrected chi connectivity index (χ0v) is 31.7. The molecular formula is C54H36BN3. The van der Waals surface area contributed by atoms with Crippen LogP contribution in [0.25, 0.3) is 33.4 Å². The van der Waals surface area contributed by atoms with Crippen molar-refractivity contribution in [1.82, 2.24) is 0 Å². The Balaban J connectivity index is 1.28. The maximum Gasteiger partial charge on any atom is 0.257 e. The molecule has 0 atom stereocenters. The first-order valence-corrected chi connectivity index (χ1v) is 20.1. The van der Waals surface area contributed by atoms with Crippen molar-refractivity contribution in [1.29, 1.82) is 0 Å². The molecule has 58 heavy (non-hydrogen) atoms. The third-order valence-corrected chi connectivity index (χ3v) is 12.1. The lowest BCUT2D eigenvalue weighted by atomic mass is 9.31. The second-order valence-electron chi connectivity index (χ2n) is 15.3. The molecule has 3 heterocycles. The molecule has 12 rings (SSSR count). The molecule has 4 heteroatoms. The third-order valence-electron chi connectivity index (χ3n) is 12.1. The second kappa shape index (κ2) is 13.0. The van der Waals surface area contributed by atoms with Crippen LogP contribution < -0.4 is 31.1 Å². The van der Waals surface area contributed by atoms with Crippen molar-refractivity contribution in [2.24, 2.45) is 0 Å². The predicted octanol–water partition coefficient (Wildman–Crippen LogP) is 12.6. The van der Waals surface area contributed by atoms with Gasteiger partial charge in [0.2, 0.25) is 0 Å². The summed E-state index contributed by atoms with van der Waals surface area (Å²) in [4.78, 5) is 7.61. The molecule has 0 unspecified atom stereocenters. The Morgan fingerprint density at radius 2 is 0.431 bits per heavy atom. The summed E-state index contributed by atoms with van der Waals surface area (Å²) >= 11 is 0. The Bertz CT molecular complexity index is 2590. The summed E-state index contributed by atoms with van der Waals surface area (Å²) in [5, 5.41) is 0. The topological polar surface area (TPSA) is 9.72 Å². The molecule has 0 N–H and O–H groups in total. The van der Waals surface area contributed by atoms with Crippen molar-refractivity contribution in [3.63, 3.8) is 0 Å². The monoisotopic (exact) mass is 737 g/mol. The fraction of sp³-hybridized carbons (Fsp3) is 0. The number of anilines is 9. The lowest BCUT2D eigenvalue weighted by Crippen LogP contribution is -2.65. The maximum atomic E-state index is 2.54. The summed E-state index contributed by atoms with van der Waals surface area (Å²) in [7, 11) is 0. The van der Waals surface area contributed by atoms with Gasteiger partial charge in [-0.3, -0.25) is 0 Å². The molecule has 9 aromatic rings. The van der Waals surface area contributed by atoms with E-state index in [0.29, 0.717) is 0 Å². The molecule has 270 valence electrons. The normalized spacial score (nSPS) is 13.0. The SMILES string of the molecule is c1ccc(-c2cc3c4c(c2)N(c2ccccc2)c2cc(-c5ccccc5)cc5c2B4c2c(cc(-c4ccccc4)cc2N5c2ccccc2)N3c2ccccc2)cc1. The van der Waals surface area contributed by atoms with Gasteiger partial charge < -0.3 is 14.7 Å². The summed E-state index contributed by atoms with van der Waals surface area (Å²) in [6, 6.07) is 80.0. The number of hydrogen-bond donors (Lipinski definition) is 0. The molecule has 0 spiro atoms. The van der Waals surface area contributed by atoms with Crippen LogP contribution in [0.4, 0.5) is 51.2 Å². The highest BCUT2D eigenvalue weighted by atomic mass is 15.2. The number of nitrogens with zero attached hydrogens (tertiary/aromatic N) is 3. The van der Waals surface area contributed by atoms with E-state index in [1.54, 1.807) is 0 Å². The van der Waals surface area contributed by atoms with Crippen LogP contribution in [0.3, 0.4) is 0 Å². The largest absolute Gasteiger partial charge is 0.311 e. The van der Waals surface area contributed by atoms with E-state index < -0.39 is 0 Å². The average Bonchev–Trinajstić information content (AvgIpc) is 3.30. The van der Waals surface area contributed by atoms with Crippen LogP contribution in [-0.4, -0.2) is 6.71 Å². The van der Waals surface area contributed by atoms with E-state index in [9.17, 15) is 0 Å². The molecule has 3 aliphatic rings. The molecule has 9 aromatic carbocycles. The number of para-hydroxylation sites is 3. The number of rotatable bonds is 6. The van der Waals surface area contributed by atoms with Crippen molar-refractivity contribution in [2.45, 2.75) is 0 Å². The van der Waals surface area contributed by atoms with Gasteiger partial charge in [-0.25, -0.2) is 0 Å². The predicted molar refractivity (Wildman–Crippen MR) is 245 cm³/mol. The molecule has 0 saturated carbocycles. The lowest BCUT2D eigenvalue weighted by molar-refractivity contribution is 1.22. The van der Waals surface area contributed by atoms with Gasteiger partial charge in [0.05, 0.1) is 0 Å². The standard InChI is InChI=1S/C54H36BN3/c1-7-19-37(20-8-1)40-31-46-52-47(32-40)57(44-27-15-5-16-28-44)49-34-42(39-23-11-3-12-24-39)36-51-54(49)55(52)53-48(56(46)43-25-13-4-14-26-43)33-41(38-21-9-2-10-22-38)35-50(53)58(51)45-29-17-6-18-30-45/h1-36H. The summed E-state index contributed by atoms with van der Waals surface area (Å²) in [6.45, 7) is -0.0145. The molecule has 0 saturated heterocycles. The maximum absolute atomic E-state index is 2.54. The van der Waals surface area contributed by atoms with Gasteiger partial charge in [0.1, 0.15) is 0 Å². The molecule has 0 aromatic heterocycles. The van der Waals surface area contributed by atoms with Crippen molar-refractivity contribution in [3.8, 4) is 33.4 Å². The van der Waals surface area contributed by atoms with E-state index >= 15 is 0 Å². The van der Waals surface area contributed by atoms with E-state index in [1.807, 2.05) is 0 Å². The van der Waals surface area contributed by atoms with E-state index in [1.165, 1.54) is 83.9 Å². The van der Waals surface area contributed by atoms with Crippen molar-refractivity contribution < 1.29 is 0 Å². The summed E-state index contributed by atoms with van der Waals surface area (Å²) in [5.41, 5.74) is 21.7. The second-order valence-corrected chi connectivity index (χ2v) is 15.3. The van der Waals surface area contributed by atoms with Gasteiger partial charge in [0, 0.05) is 51.2 Å². The van der Waals surface area contributed by atoms with Crippen LogP contribution in [-0.2, 0) is 0 Å². The van der Waals surface area contributed by atoms with Gasteiger partial charge in [-0.2, -0.15) is 0 Å². The quantitative estimate of drug-likeness (QED) is 0.157. The first kappa shape index (κ1) is 32.7. The summed E-state index contributed by atoms with van der Waals surface area (Å²) in [5.74, 6) is 0. The highest BCUT2D eigenvalue weighted by Crippen LogP contribution is 2.53. The minimum atomic E-state index is -0.0145. The van der Waals surface area contributed by atoms with Crippen molar-refractivity contribution >= 4 is 74.3 Å². The fourth-order valence-electron chi connectivity index (χ4n) is 9.65. The molecule has 0 aliphatic carbocycles. The Labute approximate surface area is 339 Å². The lowest BCUT2D eigenvalue weighted by Gasteiger charge is -2.49. The van der Waals surface area contributed by atoms with E-state index in [-0.39, 0.29) is 6.71 Å². The van der Waals surface area contributed by atoms with E-state index in [2.05, 4.69) is 233 Å². The van der Waals surface area contributed by atoms with E-state index in [0.717, 1.165) is 17.1 Å². The van der Waals surface area contributed by atoms with E-state index in [4.69, 9.17) is 0 Å². The zero-order chi connectivity index (χ0) is 38.2. The first-order valence-electron chi connectivity index (χ1n) is 20.1. The van der Waals surface area contributed by atoms with Crippen LogP contribution in [0.5, 0.6) is 0 Å². The van der Waals surface area contributed by atoms with Gasteiger partial charge >= 0.3 is 0 Å². The average molecular weight is 738 g/mol.